The number of benzene rings is 2. The normalized spacial score (nSPS) is 13.4. The molecule has 1 aliphatic rings. The molecule has 1 amide bonds. The van der Waals surface area contributed by atoms with Crippen molar-refractivity contribution < 1.29 is 23.8 Å². The van der Waals surface area contributed by atoms with Gasteiger partial charge < -0.3 is 30.2 Å². The highest BCUT2D eigenvalue weighted by Crippen LogP contribution is 2.34. The lowest BCUT2D eigenvalue weighted by Crippen LogP contribution is -2.32. The molecule has 8 heteroatoms. The number of amides is 1. The Hall–Kier alpha value is -3.26. The first-order valence-corrected chi connectivity index (χ1v) is 13.3. The van der Waals surface area contributed by atoms with Gasteiger partial charge in [0, 0.05) is 32.1 Å². The number of ether oxygens (including phenoxy) is 3. The molecule has 0 radical (unpaired) electrons. The summed E-state index contributed by atoms with van der Waals surface area (Å²) < 4.78 is 16.8. The minimum absolute atomic E-state index is 0.0807. The van der Waals surface area contributed by atoms with Crippen LogP contribution in [-0.4, -0.2) is 56.9 Å². The van der Waals surface area contributed by atoms with Crippen LogP contribution in [0.2, 0.25) is 0 Å². The topological polar surface area (TPSA) is 103 Å². The number of nitrogens with zero attached hydrogens (tertiary/aromatic N) is 1. The van der Waals surface area contributed by atoms with Gasteiger partial charge in [0.15, 0.2) is 11.5 Å². The highest BCUT2D eigenvalue weighted by molar-refractivity contribution is 6.00. The van der Waals surface area contributed by atoms with Crippen molar-refractivity contribution in [1.82, 2.24) is 5.32 Å². The fraction of sp³-hybridized carbons (Fsp3) is 0.517. The molecule has 0 spiro atoms. The molecular formula is C29H41N3O5. The van der Waals surface area contributed by atoms with Crippen LogP contribution in [0.4, 0.5) is 5.69 Å². The van der Waals surface area contributed by atoms with Gasteiger partial charge in [-0.3, -0.25) is 9.59 Å². The van der Waals surface area contributed by atoms with Crippen molar-refractivity contribution in [3.05, 3.63) is 53.1 Å². The molecule has 37 heavy (non-hydrogen) atoms. The van der Waals surface area contributed by atoms with Crippen LogP contribution in [0.15, 0.2) is 36.4 Å². The van der Waals surface area contributed by atoms with Crippen molar-refractivity contribution in [3.8, 4) is 11.5 Å². The first-order chi connectivity index (χ1) is 17.8. The Labute approximate surface area is 220 Å². The number of anilines is 1. The maximum atomic E-state index is 12.3. The van der Waals surface area contributed by atoms with E-state index in [-0.39, 0.29) is 18.1 Å². The number of hydrogen-bond donors (Lipinski definition) is 2. The molecule has 0 aliphatic carbocycles. The molecule has 0 unspecified atom stereocenters. The van der Waals surface area contributed by atoms with Crippen molar-refractivity contribution in [2.75, 3.05) is 37.7 Å². The lowest BCUT2D eigenvalue weighted by molar-refractivity contribution is -0.143. The summed E-state index contributed by atoms with van der Waals surface area (Å²) in [6.07, 6.45) is 2.75. The number of para-hydroxylation sites is 2. The second-order valence-electron chi connectivity index (χ2n) is 9.68. The summed E-state index contributed by atoms with van der Waals surface area (Å²) in [7, 11) is 0. The fourth-order valence-corrected chi connectivity index (χ4v) is 4.68. The van der Waals surface area contributed by atoms with E-state index < -0.39 is 5.91 Å². The number of nitrogens with one attached hydrogen (secondary N) is 1. The molecule has 3 rings (SSSR count). The number of carbonyl (C=O) groups excluding carboxylic acids is 2. The molecular weight excluding hydrogens is 470 g/mol. The van der Waals surface area contributed by atoms with Crippen molar-refractivity contribution >= 4 is 17.6 Å². The molecule has 1 heterocycles. The van der Waals surface area contributed by atoms with Crippen LogP contribution in [0.5, 0.6) is 11.5 Å². The molecule has 0 saturated carbocycles. The zero-order valence-electron chi connectivity index (χ0n) is 22.5. The Morgan fingerprint density at radius 1 is 1.14 bits per heavy atom. The van der Waals surface area contributed by atoms with Gasteiger partial charge >= 0.3 is 5.97 Å². The maximum absolute atomic E-state index is 12.3. The lowest BCUT2D eigenvalue weighted by Gasteiger charge is -2.22. The van der Waals surface area contributed by atoms with E-state index >= 15 is 0 Å². The van der Waals surface area contributed by atoms with E-state index in [2.05, 4.69) is 23.2 Å². The van der Waals surface area contributed by atoms with E-state index in [4.69, 9.17) is 19.9 Å². The van der Waals surface area contributed by atoms with Gasteiger partial charge in [0.25, 0.3) is 5.91 Å². The van der Waals surface area contributed by atoms with Gasteiger partial charge in [0.05, 0.1) is 24.0 Å². The Morgan fingerprint density at radius 3 is 2.59 bits per heavy atom. The van der Waals surface area contributed by atoms with Gasteiger partial charge in [-0.15, -0.1) is 0 Å². The third-order valence-electron chi connectivity index (χ3n) is 6.20. The number of fused-ring (bicyclic) bond motifs is 1. The third-order valence-corrected chi connectivity index (χ3v) is 6.20. The van der Waals surface area contributed by atoms with Crippen LogP contribution >= 0.6 is 0 Å². The molecule has 202 valence electrons. The van der Waals surface area contributed by atoms with Crippen LogP contribution in [-0.2, 0) is 22.4 Å². The van der Waals surface area contributed by atoms with Crippen LogP contribution in [0, 0.1) is 0 Å². The molecule has 0 fully saturated rings. The van der Waals surface area contributed by atoms with Crippen molar-refractivity contribution in [2.45, 2.75) is 65.5 Å². The van der Waals surface area contributed by atoms with Gasteiger partial charge in [-0.05, 0) is 76.3 Å². The zero-order chi connectivity index (χ0) is 26.8. The molecule has 0 saturated heterocycles. The van der Waals surface area contributed by atoms with Crippen LogP contribution in [0.25, 0.3) is 0 Å². The molecule has 8 nitrogen and oxygen atoms in total. The SMILES string of the molecule is CCOC(=O)CCCN1CCc2cc(C[C@@H](C)NCCOc3ccccc3OC(C)C)cc(C(N)=O)c21. The monoisotopic (exact) mass is 511 g/mol. The average molecular weight is 512 g/mol. The van der Waals surface area contributed by atoms with E-state index in [1.165, 1.54) is 0 Å². The second kappa shape index (κ2) is 13.9. The number of carbonyl (C=O) groups is 2. The van der Waals surface area contributed by atoms with E-state index in [0.717, 1.165) is 47.7 Å². The van der Waals surface area contributed by atoms with Crippen LogP contribution in [0.3, 0.4) is 0 Å². The summed E-state index contributed by atoms with van der Waals surface area (Å²) in [5.74, 6) is 0.874. The van der Waals surface area contributed by atoms with Crippen LogP contribution in [0.1, 0.15) is 62.0 Å². The first-order valence-electron chi connectivity index (χ1n) is 13.3. The first kappa shape index (κ1) is 28.3. The third kappa shape index (κ3) is 8.39. The molecule has 2 aromatic rings. The Kier molecular flexibility index (Phi) is 10.6. The number of rotatable bonds is 15. The molecule has 1 atom stereocenters. The highest BCUT2D eigenvalue weighted by atomic mass is 16.5. The Bertz CT molecular complexity index is 1060. The fourth-order valence-electron chi connectivity index (χ4n) is 4.68. The van der Waals surface area contributed by atoms with E-state index in [1.54, 1.807) is 6.92 Å². The number of nitrogens with two attached hydrogens (primary N) is 1. The minimum atomic E-state index is -0.424. The minimum Gasteiger partial charge on any atom is -0.488 e. The standard InChI is InChI=1S/C29H41N3O5/c1-5-35-27(33)11-8-14-32-15-12-23-18-22(19-24(28(23)32)29(30)34)17-21(4)31-13-16-36-25-9-6-7-10-26(25)37-20(2)3/h6-7,9-10,18-21,31H,5,8,11-17H2,1-4H3,(H2,30,34)/t21-/m1/s1. The van der Waals surface area contributed by atoms with Crippen molar-refractivity contribution in [3.63, 3.8) is 0 Å². The molecule has 0 aromatic heterocycles. The number of hydrogen-bond acceptors (Lipinski definition) is 7. The second-order valence-corrected chi connectivity index (χ2v) is 9.68. The molecule has 2 aromatic carbocycles. The predicted octanol–water partition coefficient (Wildman–Crippen LogP) is 3.88. The molecule has 3 N–H and O–H groups in total. The molecule has 1 aliphatic heterocycles. The summed E-state index contributed by atoms with van der Waals surface area (Å²) in [5, 5.41) is 3.50. The Morgan fingerprint density at radius 2 is 1.89 bits per heavy atom. The summed E-state index contributed by atoms with van der Waals surface area (Å²) in [6.45, 7) is 11.0. The predicted molar refractivity (Wildman–Crippen MR) is 146 cm³/mol. The largest absolute Gasteiger partial charge is 0.488 e. The molecule has 0 bridgehead atoms. The van der Waals surface area contributed by atoms with E-state index in [0.29, 0.717) is 44.7 Å². The number of esters is 1. The van der Waals surface area contributed by atoms with Gasteiger partial charge in [0.2, 0.25) is 0 Å². The summed E-state index contributed by atoms with van der Waals surface area (Å²) in [5.41, 5.74) is 9.47. The maximum Gasteiger partial charge on any atom is 0.305 e. The quantitative estimate of drug-likeness (QED) is 0.276. The zero-order valence-corrected chi connectivity index (χ0v) is 22.5. The van der Waals surface area contributed by atoms with Gasteiger partial charge in [-0.1, -0.05) is 18.2 Å². The van der Waals surface area contributed by atoms with Crippen LogP contribution < -0.4 is 25.4 Å². The lowest BCUT2D eigenvalue weighted by atomic mass is 9.98. The van der Waals surface area contributed by atoms with Gasteiger partial charge in [-0.2, -0.15) is 0 Å². The smallest absolute Gasteiger partial charge is 0.305 e. The summed E-state index contributed by atoms with van der Waals surface area (Å²) in [6, 6.07) is 12.0. The van der Waals surface area contributed by atoms with E-state index in [1.807, 2.05) is 44.2 Å². The van der Waals surface area contributed by atoms with Gasteiger partial charge in [-0.25, -0.2) is 0 Å². The number of primary amides is 1. The Balaban J connectivity index is 1.54. The van der Waals surface area contributed by atoms with Crippen molar-refractivity contribution in [1.29, 1.82) is 0 Å². The van der Waals surface area contributed by atoms with Crippen molar-refractivity contribution in [2.24, 2.45) is 5.73 Å². The summed E-state index contributed by atoms with van der Waals surface area (Å²) >= 11 is 0. The van der Waals surface area contributed by atoms with Gasteiger partial charge in [0.1, 0.15) is 6.61 Å². The van der Waals surface area contributed by atoms with E-state index in [9.17, 15) is 9.59 Å². The average Bonchev–Trinajstić information content (AvgIpc) is 3.24. The highest BCUT2D eigenvalue weighted by Gasteiger charge is 2.26. The summed E-state index contributed by atoms with van der Waals surface area (Å²) in [4.78, 5) is 26.2.